The molecule has 3 aromatic carbocycles. The van der Waals surface area contributed by atoms with E-state index in [2.05, 4.69) is 40.2 Å². The molecule has 7 heteroatoms. The zero-order valence-electron chi connectivity index (χ0n) is 24.3. The van der Waals surface area contributed by atoms with E-state index in [0.29, 0.717) is 17.8 Å². The summed E-state index contributed by atoms with van der Waals surface area (Å²) in [6, 6.07) is 20.2. The minimum absolute atomic E-state index is 0.0989. The fourth-order valence-electron chi connectivity index (χ4n) is 4.75. The third kappa shape index (κ3) is 7.85. The van der Waals surface area contributed by atoms with E-state index in [1.165, 1.54) is 18.2 Å². The van der Waals surface area contributed by atoms with Gasteiger partial charge in [-0.2, -0.15) is 0 Å². The first kappa shape index (κ1) is 30.1. The molecule has 2 amide bonds. The van der Waals surface area contributed by atoms with Crippen molar-refractivity contribution in [2.75, 3.05) is 24.1 Å². The van der Waals surface area contributed by atoms with Crippen LogP contribution in [0.3, 0.4) is 0 Å². The van der Waals surface area contributed by atoms with Crippen LogP contribution in [0.1, 0.15) is 44.7 Å². The van der Waals surface area contributed by atoms with Crippen LogP contribution >= 0.6 is 0 Å². The fourth-order valence-corrected chi connectivity index (χ4v) is 4.75. The molecular weight excluding hydrogens is 527 g/mol. The molecule has 1 aliphatic carbocycles. The lowest BCUT2D eigenvalue weighted by molar-refractivity contribution is -0.116. The first-order valence-corrected chi connectivity index (χ1v) is 14.1. The Morgan fingerprint density at radius 1 is 0.810 bits per heavy atom. The summed E-state index contributed by atoms with van der Waals surface area (Å²) in [6.45, 7) is 7.04. The van der Waals surface area contributed by atoms with Gasteiger partial charge in [0.1, 0.15) is 5.82 Å². The van der Waals surface area contributed by atoms with E-state index in [1.54, 1.807) is 18.2 Å². The molecule has 4 rings (SSSR count). The summed E-state index contributed by atoms with van der Waals surface area (Å²) in [6.07, 6.45) is 8.74. The predicted molar refractivity (Wildman–Crippen MR) is 170 cm³/mol. The number of rotatable bonds is 11. The number of halogens is 1. The average Bonchev–Trinajstić information content (AvgIpc) is 3.27. The zero-order valence-corrected chi connectivity index (χ0v) is 24.3. The Morgan fingerprint density at radius 2 is 1.40 bits per heavy atom. The number of amides is 2. The number of hydrogen-bond donors (Lipinski definition) is 4. The van der Waals surface area contributed by atoms with Gasteiger partial charge in [-0.25, -0.2) is 4.39 Å². The number of nitrogen functional groups attached to an aromatic ring is 1. The molecule has 0 bridgehead atoms. The van der Waals surface area contributed by atoms with Gasteiger partial charge in [0.15, 0.2) is 0 Å². The van der Waals surface area contributed by atoms with Crippen LogP contribution in [0.15, 0.2) is 108 Å². The number of allylic oxidation sites excluding steroid dienone is 4. The maximum atomic E-state index is 13.3. The molecule has 5 N–H and O–H groups in total. The molecule has 6 nitrogen and oxygen atoms in total. The molecule has 0 heterocycles. The lowest BCUT2D eigenvalue weighted by atomic mass is 10.0. The number of nitrogens with two attached hydrogens (primary N) is 1. The van der Waals surface area contributed by atoms with Gasteiger partial charge in [0.05, 0.1) is 11.4 Å². The van der Waals surface area contributed by atoms with Crippen molar-refractivity contribution < 1.29 is 14.0 Å². The quantitative estimate of drug-likeness (QED) is 0.0702. The lowest BCUT2D eigenvalue weighted by Crippen LogP contribution is -2.23. The van der Waals surface area contributed by atoms with E-state index in [4.69, 9.17) is 5.73 Å². The molecule has 3 aromatic rings. The van der Waals surface area contributed by atoms with Gasteiger partial charge >= 0.3 is 0 Å². The lowest BCUT2D eigenvalue weighted by Gasteiger charge is -2.10. The second-order valence-electron chi connectivity index (χ2n) is 10.5. The smallest absolute Gasteiger partial charge is 0.255 e. The third-order valence-corrected chi connectivity index (χ3v) is 6.79. The van der Waals surface area contributed by atoms with E-state index >= 15 is 0 Å². The van der Waals surface area contributed by atoms with Crippen molar-refractivity contribution in [2.45, 2.75) is 33.6 Å². The van der Waals surface area contributed by atoms with Crippen molar-refractivity contribution in [1.82, 2.24) is 10.6 Å². The Balaban J connectivity index is 1.25. The summed E-state index contributed by atoms with van der Waals surface area (Å²) in [7, 11) is 0. The number of hydrogen-bond acceptors (Lipinski definition) is 4. The minimum Gasteiger partial charge on any atom is -0.397 e. The SMILES string of the molecule is CC(C)=C/C(=C\C=C(/C)NCCCCNC(=O)C=C1c2ccccc2-c2ccccc21)C(=O)Nc1ccc(F)cc1N. The van der Waals surface area contributed by atoms with E-state index in [-0.39, 0.29) is 17.5 Å². The van der Waals surface area contributed by atoms with Crippen LogP contribution < -0.4 is 21.7 Å². The number of carbonyl (C=O) groups is 2. The van der Waals surface area contributed by atoms with E-state index < -0.39 is 5.82 Å². The summed E-state index contributed by atoms with van der Waals surface area (Å²) in [5.74, 6) is -0.900. The summed E-state index contributed by atoms with van der Waals surface area (Å²) in [5, 5.41) is 9.09. The molecule has 1 aliphatic rings. The van der Waals surface area contributed by atoms with Crippen molar-refractivity contribution in [1.29, 1.82) is 0 Å². The Kier molecular flexibility index (Phi) is 10.1. The molecule has 0 aromatic heterocycles. The fraction of sp³-hybridized carbons (Fsp3) is 0.200. The number of benzene rings is 3. The number of nitrogens with one attached hydrogen (secondary N) is 3. The van der Waals surface area contributed by atoms with Crippen molar-refractivity contribution in [2.24, 2.45) is 0 Å². The zero-order chi connectivity index (χ0) is 30.1. The van der Waals surface area contributed by atoms with E-state index in [1.807, 2.05) is 51.1 Å². The summed E-state index contributed by atoms with van der Waals surface area (Å²) >= 11 is 0. The van der Waals surface area contributed by atoms with Gasteiger partial charge < -0.3 is 21.7 Å². The van der Waals surface area contributed by atoms with Crippen LogP contribution in [0.25, 0.3) is 16.7 Å². The highest BCUT2D eigenvalue weighted by Gasteiger charge is 2.23. The van der Waals surface area contributed by atoms with Crippen LogP contribution in [0, 0.1) is 5.82 Å². The van der Waals surface area contributed by atoms with Gasteiger partial charge in [-0.15, -0.1) is 0 Å². The van der Waals surface area contributed by atoms with Gasteiger partial charge in [-0.1, -0.05) is 60.2 Å². The summed E-state index contributed by atoms with van der Waals surface area (Å²) in [4.78, 5) is 25.6. The topological polar surface area (TPSA) is 96.2 Å². The molecule has 42 heavy (non-hydrogen) atoms. The van der Waals surface area contributed by atoms with Crippen LogP contribution in [-0.4, -0.2) is 24.9 Å². The number of fused-ring (bicyclic) bond motifs is 3. The standard InChI is InChI=1S/C35H37FN4O2/c1-23(2)20-25(35(42)40-33-17-16-26(36)21-32(33)37)15-14-24(3)38-18-8-9-19-39-34(41)22-31-29-12-6-4-10-27(29)28-11-5-7-13-30(28)31/h4-7,10-17,20-22,38H,8-9,18-19,37H2,1-3H3,(H,39,41)(H,40,42)/b24-14+,25-15+. The van der Waals surface area contributed by atoms with E-state index in [9.17, 15) is 14.0 Å². The molecule has 0 saturated heterocycles. The van der Waals surface area contributed by atoms with Crippen LogP contribution in [0.5, 0.6) is 0 Å². The first-order chi connectivity index (χ1) is 20.2. The molecule has 0 saturated carbocycles. The third-order valence-electron chi connectivity index (χ3n) is 6.79. The van der Waals surface area contributed by atoms with E-state index in [0.717, 1.165) is 58.5 Å². The molecule has 216 valence electrons. The highest BCUT2D eigenvalue weighted by molar-refractivity contribution is 6.08. The highest BCUT2D eigenvalue weighted by Crippen LogP contribution is 2.43. The van der Waals surface area contributed by atoms with Gasteiger partial charge in [-0.3, -0.25) is 9.59 Å². The molecule has 0 unspecified atom stereocenters. The summed E-state index contributed by atoms with van der Waals surface area (Å²) < 4.78 is 13.3. The predicted octanol–water partition coefficient (Wildman–Crippen LogP) is 6.74. The second kappa shape index (κ2) is 14.1. The normalized spacial score (nSPS) is 12.2. The van der Waals surface area contributed by atoms with Crippen LogP contribution in [0.4, 0.5) is 15.8 Å². The molecule has 0 fully saturated rings. The van der Waals surface area contributed by atoms with Crippen molar-refractivity contribution in [3.8, 4) is 11.1 Å². The Bertz CT molecular complexity index is 1550. The Labute approximate surface area is 246 Å². The molecule has 0 aliphatic heterocycles. The number of carbonyl (C=O) groups excluding carboxylic acids is 2. The van der Waals surface area contributed by atoms with Crippen molar-refractivity contribution >= 4 is 28.8 Å². The molecule has 0 spiro atoms. The van der Waals surface area contributed by atoms with Gasteiger partial charge in [0, 0.05) is 30.4 Å². The van der Waals surface area contributed by atoms with Crippen LogP contribution in [0.2, 0.25) is 0 Å². The molecular formula is C35H37FN4O2. The Morgan fingerprint density at radius 3 is 2.00 bits per heavy atom. The number of anilines is 2. The monoisotopic (exact) mass is 564 g/mol. The molecule has 0 radical (unpaired) electrons. The highest BCUT2D eigenvalue weighted by atomic mass is 19.1. The van der Waals surface area contributed by atoms with Crippen molar-refractivity contribution in [3.63, 3.8) is 0 Å². The maximum Gasteiger partial charge on any atom is 0.255 e. The molecule has 0 atom stereocenters. The largest absolute Gasteiger partial charge is 0.397 e. The minimum atomic E-state index is -0.462. The maximum absolute atomic E-state index is 13.3. The average molecular weight is 565 g/mol. The summed E-state index contributed by atoms with van der Waals surface area (Å²) in [5.41, 5.74) is 14.1. The first-order valence-electron chi connectivity index (χ1n) is 14.1. The van der Waals surface area contributed by atoms with Gasteiger partial charge in [0.2, 0.25) is 5.91 Å². The Hall–Kier alpha value is -4.91. The van der Waals surface area contributed by atoms with Gasteiger partial charge in [-0.05, 0) is 91.8 Å². The van der Waals surface area contributed by atoms with Crippen molar-refractivity contribution in [3.05, 3.63) is 125 Å². The second-order valence-corrected chi connectivity index (χ2v) is 10.5. The van der Waals surface area contributed by atoms with Gasteiger partial charge in [0.25, 0.3) is 5.91 Å². The number of unbranched alkanes of at least 4 members (excludes halogenated alkanes) is 1. The van der Waals surface area contributed by atoms with Crippen LogP contribution in [-0.2, 0) is 9.59 Å².